The molecule has 0 radical (unpaired) electrons. The first-order valence-electron chi connectivity index (χ1n) is 8.39. The number of benzene rings is 1. The topological polar surface area (TPSA) is 89.0 Å². The van der Waals surface area contributed by atoms with Crippen molar-refractivity contribution in [2.75, 3.05) is 18.1 Å². The van der Waals surface area contributed by atoms with E-state index >= 15 is 0 Å². The minimum absolute atomic E-state index is 0.0968. The predicted octanol–water partition coefficient (Wildman–Crippen LogP) is 3.61. The Bertz CT molecular complexity index is 744. The van der Waals surface area contributed by atoms with Crippen LogP contribution in [0.4, 0.5) is 10.7 Å². The first-order chi connectivity index (χ1) is 12.3. The molecule has 1 aromatic heterocycles. The molecule has 26 heavy (non-hydrogen) atoms. The van der Waals surface area contributed by atoms with Crippen LogP contribution in [-0.4, -0.2) is 33.8 Å². The van der Waals surface area contributed by atoms with Crippen molar-refractivity contribution in [1.82, 2.24) is 20.3 Å². The molecule has 7 nitrogen and oxygen atoms in total. The van der Waals surface area contributed by atoms with Crippen LogP contribution in [0.2, 0.25) is 0 Å². The highest BCUT2D eigenvalue weighted by atomic mass is 32.2. The molecule has 2 rings (SSSR count). The maximum Gasteiger partial charge on any atom is 0.321 e. The van der Waals surface area contributed by atoms with Gasteiger partial charge in [-0.2, -0.15) is 9.97 Å². The largest absolute Gasteiger partial charge is 0.486 e. The summed E-state index contributed by atoms with van der Waals surface area (Å²) in [5.74, 6) is 1.40. The van der Waals surface area contributed by atoms with Crippen molar-refractivity contribution in [3.8, 4) is 5.75 Å². The normalized spacial score (nSPS) is 11.1. The summed E-state index contributed by atoms with van der Waals surface area (Å²) in [5, 5.41) is 5.76. The molecule has 8 heteroatoms. The fourth-order valence-corrected chi connectivity index (χ4v) is 2.49. The second-order valence-electron chi connectivity index (χ2n) is 6.61. The molecule has 0 aliphatic carbocycles. The Hall–Kier alpha value is -2.35. The zero-order valence-electron chi connectivity index (χ0n) is 15.8. The number of nitrogens with one attached hydrogen (secondary N) is 2. The third-order valence-corrected chi connectivity index (χ3v) is 4.04. The van der Waals surface area contributed by atoms with Crippen molar-refractivity contribution in [2.24, 2.45) is 0 Å². The van der Waals surface area contributed by atoms with Crippen LogP contribution in [0.1, 0.15) is 39.1 Å². The van der Waals surface area contributed by atoms with E-state index in [2.05, 4.69) is 58.5 Å². The predicted molar refractivity (Wildman–Crippen MR) is 104 cm³/mol. The first kappa shape index (κ1) is 20.0. The molecular weight excluding hydrogens is 350 g/mol. The smallest absolute Gasteiger partial charge is 0.321 e. The molecule has 0 fully saturated rings. The average molecular weight is 375 g/mol. The van der Waals surface area contributed by atoms with Crippen molar-refractivity contribution in [3.63, 3.8) is 0 Å². The Morgan fingerprint density at radius 1 is 1.15 bits per heavy atom. The number of nitrogens with zero attached hydrogens (tertiary/aromatic N) is 3. The molecule has 0 atom stereocenters. The van der Waals surface area contributed by atoms with Crippen LogP contribution in [-0.2, 0) is 12.0 Å². The minimum Gasteiger partial charge on any atom is -0.486 e. The number of rotatable bonds is 6. The molecule has 0 saturated carbocycles. The first-order valence-corrected chi connectivity index (χ1v) is 9.61. The third kappa shape index (κ3) is 5.87. The molecule has 1 aromatic carbocycles. The number of thioether (sulfide) groups is 1. The van der Waals surface area contributed by atoms with Gasteiger partial charge in [-0.05, 0) is 36.3 Å². The summed E-state index contributed by atoms with van der Waals surface area (Å²) < 4.78 is 5.78. The maximum absolute atomic E-state index is 11.7. The van der Waals surface area contributed by atoms with E-state index in [1.807, 2.05) is 25.3 Å². The lowest BCUT2D eigenvalue weighted by molar-refractivity contribution is 0.252. The van der Waals surface area contributed by atoms with Crippen LogP contribution >= 0.6 is 11.8 Å². The van der Waals surface area contributed by atoms with Gasteiger partial charge in [-0.15, -0.1) is 0 Å². The highest BCUT2D eigenvalue weighted by Crippen LogP contribution is 2.24. The number of urea groups is 1. The van der Waals surface area contributed by atoms with Gasteiger partial charge in [0.15, 0.2) is 11.0 Å². The number of aromatic nitrogens is 3. The van der Waals surface area contributed by atoms with E-state index in [1.165, 1.54) is 17.3 Å². The summed E-state index contributed by atoms with van der Waals surface area (Å²) in [7, 11) is 0. The quantitative estimate of drug-likeness (QED) is 0.750. The second-order valence-corrected chi connectivity index (χ2v) is 7.38. The monoisotopic (exact) mass is 375 g/mol. The maximum atomic E-state index is 11.7. The number of ether oxygens (including phenoxy) is 1. The molecule has 140 valence electrons. The molecule has 2 amide bonds. The standard InChI is InChI=1S/C18H25N5O2S/c1-6-19-16(24)22-15-20-14(21-17(23-15)26-5)11-25-13-9-7-12(8-10-13)18(2,3)4/h7-10H,6,11H2,1-5H3,(H2,19,20,21,22,23,24). The summed E-state index contributed by atoms with van der Waals surface area (Å²) in [6, 6.07) is 7.63. The highest BCUT2D eigenvalue weighted by molar-refractivity contribution is 7.98. The number of hydrogen-bond donors (Lipinski definition) is 2. The number of amides is 2. The molecule has 2 N–H and O–H groups in total. The third-order valence-electron chi connectivity index (χ3n) is 3.49. The van der Waals surface area contributed by atoms with Gasteiger partial charge in [0.05, 0.1) is 0 Å². The number of carbonyl (C=O) groups excluding carboxylic acids is 1. The summed E-state index contributed by atoms with van der Waals surface area (Å²) in [4.78, 5) is 24.4. The van der Waals surface area contributed by atoms with Crippen LogP contribution in [0.5, 0.6) is 5.75 Å². The summed E-state index contributed by atoms with van der Waals surface area (Å²) in [6.45, 7) is 9.05. The van der Waals surface area contributed by atoms with Gasteiger partial charge in [0.1, 0.15) is 12.4 Å². The molecule has 0 aliphatic rings. The number of hydrogen-bond acceptors (Lipinski definition) is 6. The molecule has 0 unspecified atom stereocenters. The molecular formula is C18H25N5O2S. The molecule has 1 heterocycles. The van der Waals surface area contributed by atoms with E-state index in [4.69, 9.17) is 4.74 Å². The second kappa shape index (κ2) is 8.84. The van der Waals surface area contributed by atoms with E-state index in [-0.39, 0.29) is 24.0 Å². The van der Waals surface area contributed by atoms with Gasteiger partial charge in [-0.3, -0.25) is 5.32 Å². The van der Waals surface area contributed by atoms with Crippen LogP contribution in [0.15, 0.2) is 29.4 Å². The van der Waals surface area contributed by atoms with E-state index in [9.17, 15) is 4.79 Å². The van der Waals surface area contributed by atoms with Crippen molar-refractivity contribution in [2.45, 2.75) is 44.9 Å². The number of carbonyl (C=O) groups is 1. The van der Waals surface area contributed by atoms with Gasteiger partial charge in [-0.1, -0.05) is 44.7 Å². The Morgan fingerprint density at radius 2 is 1.85 bits per heavy atom. The zero-order chi connectivity index (χ0) is 19.2. The summed E-state index contributed by atoms with van der Waals surface area (Å²) >= 11 is 1.37. The highest BCUT2D eigenvalue weighted by Gasteiger charge is 2.13. The fraction of sp³-hybridized carbons (Fsp3) is 0.444. The fourth-order valence-electron chi connectivity index (χ4n) is 2.12. The zero-order valence-corrected chi connectivity index (χ0v) is 16.6. The van der Waals surface area contributed by atoms with E-state index in [1.54, 1.807) is 0 Å². The summed E-state index contributed by atoms with van der Waals surface area (Å²) in [5.41, 5.74) is 1.34. The Kier molecular flexibility index (Phi) is 6.79. The van der Waals surface area contributed by atoms with Gasteiger partial charge in [0.25, 0.3) is 0 Å². The summed E-state index contributed by atoms with van der Waals surface area (Å²) in [6.07, 6.45) is 1.86. The van der Waals surface area contributed by atoms with E-state index < -0.39 is 0 Å². The van der Waals surface area contributed by atoms with Gasteiger partial charge >= 0.3 is 6.03 Å². The van der Waals surface area contributed by atoms with Crippen LogP contribution in [0, 0.1) is 0 Å². The Balaban J connectivity index is 2.07. The molecule has 0 saturated heterocycles. The molecule has 2 aromatic rings. The van der Waals surface area contributed by atoms with Crippen LogP contribution in [0.25, 0.3) is 0 Å². The molecule has 0 aliphatic heterocycles. The van der Waals surface area contributed by atoms with Gasteiger partial charge in [-0.25, -0.2) is 9.78 Å². The Morgan fingerprint density at radius 3 is 2.42 bits per heavy atom. The van der Waals surface area contributed by atoms with E-state index in [0.717, 1.165) is 5.75 Å². The van der Waals surface area contributed by atoms with Gasteiger partial charge in [0, 0.05) is 6.54 Å². The minimum atomic E-state index is -0.351. The van der Waals surface area contributed by atoms with Gasteiger partial charge in [0.2, 0.25) is 5.95 Å². The lowest BCUT2D eigenvalue weighted by Gasteiger charge is -2.19. The van der Waals surface area contributed by atoms with Gasteiger partial charge < -0.3 is 10.1 Å². The average Bonchev–Trinajstić information content (AvgIpc) is 2.59. The van der Waals surface area contributed by atoms with Crippen LogP contribution < -0.4 is 15.4 Å². The number of anilines is 1. The van der Waals surface area contributed by atoms with Crippen molar-refractivity contribution in [3.05, 3.63) is 35.7 Å². The van der Waals surface area contributed by atoms with Crippen molar-refractivity contribution < 1.29 is 9.53 Å². The molecule has 0 bridgehead atoms. The van der Waals surface area contributed by atoms with E-state index in [0.29, 0.717) is 17.5 Å². The van der Waals surface area contributed by atoms with Crippen molar-refractivity contribution in [1.29, 1.82) is 0 Å². The molecule has 0 spiro atoms. The Labute approximate surface area is 158 Å². The lowest BCUT2D eigenvalue weighted by atomic mass is 9.87. The van der Waals surface area contributed by atoms with Crippen LogP contribution in [0.3, 0.4) is 0 Å². The lowest BCUT2D eigenvalue weighted by Crippen LogP contribution is -2.29. The van der Waals surface area contributed by atoms with Crippen molar-refractivity contribution >= 4 is 23.7 Å². The SMILES string of the molecule is CCNC(=O)Nc1nc(COc2ccc(C(C)(C)C)cc2)nc(SC)n1.